The fourth-order valence-corrected chi connectivity index (χ4v) is 2.88. The molecule has 0 aliphatic carbocycles. The van der Waals surface area contributed by atoms with Crippen LogP contribution < -0.4 is 5.32 Å². The Morgan fingerprint density at radius 3 is 3.00 bits per heavy atom. The van der Waals surface area contributed by atoms with Crippen molar-refractivity contribution in [2.45, 2.75) is 25.8 Å². The molecule has 0 bridgehead atoms. The van der Waals surface area contributed by atoms with Crippen molar-refractivity contribution in [2.75, 3.05) is 19.7 Å². The van der Waals surface area contributed by atoms with Gasteiger partial charge in [0.25, 0.3) is 0 Å². The Balaban J connectivity index is 1.95. The van der Waals surface area contributed by atoms with Gasteiger partial charge in [0, 0.05) is 24.7 Å². The topological polar surface area (TPSA) is 52.6 Å². The van der Waals surface area contributed by atoms with E-state index >= 15 is 0 Å². The molecule has 2 unspecified atom stereocenters. The van der Waals surface area contributed by atoms with E-state index in [4.69, 9.17) is 11.6 Å². The number of hydrogen-bond donors (Lipinski definition) is 2. The monoisotopic (exact) mass is 296 g/mol. The number of aliphatic hydroxyl groups excluding tert-OH is 1. The molecular formula is C15H21ClN2O2. The molecule has 2 atom stereocenters. The molecule has 1 heterocycles. The normalized spacial score (nSPS) is 20.6. The number of nitrogens with one attached hydrogen (secondary N) is 1. The zero-order valence-electron chi connectivity index (χ0n) is 11.7. The number of nitrogens with zero attached hydrogens (tertiary/aromatic N) is 1. The van der Waals surface area contributed by atoms with E-state index in [0.29, 0.717) is 11.6 Å². The summed E-state index contributed by atoms with van der Waals surface area (Å²) in [6, 6.07) is 7.30. The smallest absolute Gasteiger partial charge is 0.317 e. The van der Waals surface area contributed by atoms with Crippen LogP contribution >= 0.6 is 11.6 Å². The maximum atomic E-state index is 12.2. The Labute approximate surface area is 124 Å². The van der Waals surface area contributed by atoms with Gasteiger partial charge in [-0.25, -0.2) is 4.79 Å². The van der Waals surface area contributed by atoms with Crippen molar-refractivity contribution in [1.82, 2.24) is 10.2 Å². The molecule has 110 valence electrons. The number of likely N-dealkylation sites (tertiary alicyclic amines) is 1. The number of hydrogen-bond acceptors (Lipinski definition) is 2. The van der Waals surface area contributed by atoms with Gasteiger partial charge in [0.15, 0.2) is 0 Å². The quantitative estimate of drug-likeness (QED) is 0.901. The van der Waals surface area contributed by atoms with Crippen LogP contribution in [0.15, 0.2) is 24.3 Å². The number of benzene rings is 1. The summed E-state index contributed by atoms with van der Waals surface area (Å²) in [5.41, 5.74) is 0.915. The second kappa shape index (κ2) is 6.95. The van der Waals surface area contributed by atoms with Crippen molar-refractivity contribution in [3.05, 3.63) is 34.9 Å². The third-order valence-corrected chi connectivity index (χ3v) is 4.12. The van der Waals surface area contributed by atoms with Gasteiger partial charge < -0.3 is 15.3 Å². The number of halogens is 1. The van der Waals surface area contributed by atoms with Crippen molar-refractivity contribution in [3.63, 3.8) is 0 Å². The Bertz CT molecular complexity index is 467. The lowest BCUT2D eigenvalue weighted by molar-refractivity contribution is 0.128. The van der Waals surface area contributed by atoms with E-state index in [0.717, 1.165) is 24.9 Å². The van der Waals surface area contributed by atoms with Gasteiger partial charge in [0.1, 0.15) is 0 Å². The van der Waals surface area contributed by atoms with Gasteiger partial charge >= 0.3 is 6.03 Å². The minimum absolute atomic E-state index is 0.0874. The summed E-state index contributed by atoms with van der Waals surface area (Å²) in [6.07, 6.45) is 1.93. The minimum atomic E-state index is -0.134. The van der Waals surface area contributed by atoms with Crippen LogP contribution in [0.2, 0.25) is 5.02 Å². The number of carbonyl (C=O) groups excluding carboxylic acids is 1. The summed E-state index contributed by atoms with van der Waals surface area (Å²) in [5.74, 6) is 0.199. The summed E-state index contributed by atoms with van der Waals surface area (Å²) in [6.45, 7) is 3.44. The summed E-state index contributed by atoms with van der Waals surface area (Å²) in [7, 11) is 0. The van der Waals surface area contributed by atoms with Gasteiger partial charge in [-0.2, -0.15) is 0 Å². The second-order valence-corrected chi connectivity index (χ2v) is 5.74. The van der Waals surface area contributed by atoms with Crippen molar-refractivity contribution < 1.29 is 9.90 Å². The largest absolute Gasteiger partial charge is 0.396 e. The van der Waals surface area contributed by atoms with Crippen LogP contribution in [0, 0.1) is 5.92 Å². The lowest BCUT2D eigenvalue weighted by atomic mass is 9.99. The molecule has 1 fully saturated rings. The Hall–Kier alpha value is -1.26. The average molecular weight is 297 g/mol. The molecule has 1 aliphatic rings. The number of aliphatic hydroxyl groups is 1. The molecule has 1 aromatic carbocycles. The molecule has 0 radical (unpaired) electrons. The molecule has 5 heteroatoms. The molecule has 1 aliphatic heterocycles. The minimum Gasteiger partial charge on any atom is -0.396 e. The van der Waals surface area contributed by atoms with Gasteiger partial charge in [-0.15, -0.1) is 0 Å². The first-order chi connectivity index (χ1) is 9.61. The van der Waals surface area contributed by atoms with Gasteiger partial charge in [-0.1, -0.05) is 29.8 Å². The number of urea groups is 1. The molecular weight excluding hydrogens is 276 g/mol. The molecule has 2 rings (SSSR count). The molecule has 0 spiro atoms. The van der Waals surface area contributed by atoms with Gasteiger partial charge in [0.05, 0.1) is 6.04 Å². The zero-order valence-corrected chi connectivity index (χ0v) is 12.4. The van der Waals surface area contributed by atoms with Gasteiger partial charge in [0.2, 0.25) is 0 Å². The van der Waals surface area contributed by atoms with E-state index in [9.17, 15) is 9.90 Å². The van der Waals surface area contributed by atoms with Crippen LogP contribution in [0.4, 0.5) is 4.79 Å². The summed E-state index contributed by atoms with van der Waals surface area (Å²) in [5, 5.41) is 12.8. The molecule has 1 aromatic rings. The SMILES string of the molecule is CC(NC(=O)N1CCCC(CO)C1)c1ccccc1Cl. The highest BCUT2D eigenvalue weighted by molar-refractivity contribution is 6.31. The van der Waals surface area contributed by atoms with Crippen molar-refractivity contribution >= 4 is 17.6 Å². The molecule has 2 N–H and O–H groups in total. The van der Waals surface area contributed by atoms with E-state index in [2.05, 4.69) is 5.32 Å². The van der Waals surface area contributed by atoms with Gasteiger partial charge in [-0.3, -0.25) is 0 Å². The van der Waals surface area contributed by atoms with E-state index < -0.39 is 0 Å². The highest BCUT2D eigenvalue weighted by Crippen LogP contribution is 2.23. The number of piperidine rings is 1. The Morgan fingerprint density at radius 2 is 2.30 bits per heavy atom. The molecule has 1 saturated heterocycles. The number of carbonyl (C=O) groups is 1. The molecule has 0 saturated carbocycles. The van der Waals surface area contributed by atoms with E-state index in [1.807, 2.05) is 31.2 Å². The molecule has 4 nitrogen and oxygen atoms in total. The van der Waals surface area contributed by atoms with Crippen molar-refractivity contribution in [2.24, 2.45) is 5.92 Å². The average Bonchev–Trinajstić information content (AvgIpc) is 2.47. The second-order valence-electron chi connectivity index (χ2n) is 5.33. The summed E-state index contributed by atoms with van der Waals surface area (Å²) in [4.78, 5) is 14.0. The lowest BCUT2D eigenvalue weighted by Crippen LogP contribution is -2.46. The van der Waals surface area contributed by atoms with Crippen molar-refractivity contribution in [1.29, 1.82) is 0 Å². The van der Waals surface area contributed by atoms with E-state index in [1.54, 1.807) is 4.90 Å². The first-order valence-electron chi connectivity index (χ1n) is 7.02. The maximum absolute atomic E-state index is 12.2. The van der Waals surface area contributed by atoms with Crippen LogP contribution in [-0.2, 0) is 0 Å². The van der Waals surface area contributed by atoms with Crippen LogP contribution in [0.1, 0.15) is 31.4 Å². The fraction of sp³-hybridized carbons (Fsp3) is 0.533. The van der Waals surface area contributed by atoms with Crippen LogP contribution in [0.5, 0.6) is 0 Å². The lowest BCUT2D eigenvalue weighted by Gasteiger charge is -2.32. The highest BCUT2D eigenvalue weighted by atomic mass is 35.5. The standard InChI is InChI=1S/C15H21ClN2O2/c1-11(13-6-2-3-7-14(13)16)17-15(20)18-8-4-5-12(9-18)10-19/h2-3,6-7,11-12,19H,4-5,8-10H2,1H3,(H,17,20). The predicted molar refractivity (Wildman–Crippen MR) is 79.8 cm³/mol. The summed E-state index contributed by atoms with van der Waals surface area (Å²) < 4.78 is 0. The zero-order chi connectivity index (χ0) is 14.5. The van der Waals surface area contributed by atoms with Crippen molar-refractivity contribution in [3.8, 4) is 0 Å². The molecule has 0 aromatic heterocycles. The first kappa shape index (κ1) is 15.1. The van der Waals surface area contributed by atoms with Crippen LogP contribution in [0.3, 0.4) is 0 Å². The van der Waals surface area contributed by atoms with Crippen LogP contribution in [0.25, 0.3) is 0 Å². The third kappa shape index (κ3) is 3.64. The summed E-state index contributed by atoms with van der Waals surface area (Å²) >= 11 is 6.14. The highest BCUT2D eigenvalue weighted by Gasteiger charge is 2.24. The molecule has 20 heavy (non-hydrogen) atoms. The van der Waals surface area contributed by atoms with E-state index in [-0.39, 0.29) is 24.6 Å². The number of amides is 2. The predicted octanol–water partition coefficient (Wildman–Crippen LogP) is 2.81. The van der Waals surface area contributed by atoms with Gasteiger partial charge in [-0.05, 0) is 37.3 Å². The van der Waals surface area contributed by atoms with E-state index in [1.165, 1.54) is 0 Å². The fourth-order valence-electron chi connectivity index (χ4n) is 2.58. The first-order valence-corrected chi connectivity index (χ1v) is 7.40. The maximum Gasteiger partial charge on any atom is 0.317 e. The van der Waals surface area contributed by atoms with Crippen LogP contribution in [-0.4, -0.2) is 35.7 Å². The molecule has 2 amide bonds. The third-order valence-electron chi connectivity index (χ3n) is 3.78. The Kier molecular flexibility index (Phi) is 5.26. The Morgan fingerprint density at radius 1 is 1.55 bits per heavy atom. The number of rotatable bonds is 3.